The van der Waals surface area contributed by atoms with Gasteiger partial charge >= 0.3 is 0 Å². The average Bonchev–Trinajstić information content (AvgIpc) is 2.18. The smallest absolute Gasteiger partial charge is 0.263 e. The van der Waals surface area contributed by atoms with Gasteiger partial charge in [0.15, 0.2) is 0 Å². The molecular formula is C9H10ClNO4. The summed E-state index contributed by atoms with van der Waals surface area (Å²) in [7, 11) is 1.50. The van der Waals surface area contributed by atoms with Gasteiger partial charge in [0.05, 0.1) is 7.11 Å². The highest BCUT2D eigenvalue weighted by atomic mass is 35.5. The number of halogens is 1. The van der Waals surface area contributed by atoms with Crippen LogP contribution in [0.25, 0.3) is 0 Å². The molecule has 0 aliphatic heterocycles. The van der Waals surface area contributed by atoms with Crippen molar-refractivity contribution in [3.8, 4) is 0 Å². The van der Waals surface area contributed by atoms with Crippen molar-refractivity contribution in [2.75, 3.05) is 13.7 Å². The molecule has 0 saturated heterocycles. The summed E-state index contributed by atoms with van der Waals surface area (Å²) in [5.41, 5.74) is 0. The number of Topliss-reactive ketones (excluding diaryl/α,β-unsaturated/α-hetero) is 1. The summed E-state index contributed by atoms with van der Waals surface area (Å²) in [5, 5.41) is 10.2. The SMILES string of the molecule is COC1=CCC(Cl)(C(=O)C[N+](=O)[O-])C=C1. The van der Waals surface area contributed by atoms with E-state index in [1.54, 1.807) is 6.08 Å². The molecule has 1 rings (SSSR count). The Morgan fingerprint density at radius 3 is 2.87 bits per heavy atom. The number of ether oxygens (including phenoxy) is 1. The number of ketones is 1. The molecule has 0 heterocycles. The van der Waals surface area contributed by atoms with Gasteiger partial charge < -0.3 is 4.74 Å². The molecule has 15 heavy (non-hydrogen) atoms. The van der Waals surface area contributed by atoms with E-state index >= 15 is 0 Å². The lowest BCUT2D eigenvalue weighted by atomic mass is 9.94. The van der Waals surface area contributed by atoms with E-state index in [9.17, 15) is 14.9 Å². The summed E-state index contributed by atoms with van der Waals surface area (Å²) in [5.74, 6) is -0.0167. The number of hydrogen-bond acceptors (Lipinski definition) is 4. The van der Waals surface area contributed by atoms with Crippen LogP contribution in [0.15, 0.2) is 24.0 Å². The molecule has 0 spiro atoms. The molecule has 1 unspecified atom stereocenters. The number of alkyl halides is 1. The third-order valence-electron chi connectivity index (χ3n) is 2.08. The van der Waals surface area contributed by atoms with Crippen molar-refractivity contribution in [3.05, 3.63) is 34.1 Å². The van der Waals surface area contributed by atoms with Crippen LogP contribution >= 0.6 is 11.6 Å². The molecular weight excluding hydrogens is 222 g/mol. The minimum Gasteiger partial charge on any atom is -0.497 e. The Labute approximate surface area is 91.5 Å². The molecule has 0 saturated carbocycles. The number of hydrogen-bond donors (Lipinski definition) is 0. The highest BCUT2D eigenvalue weighted by Crippen LogP contribution is 2.29. The molecule has 0 amide bonds. The van der Waals surface area contributed by atoms with Crippen molar-refractivity contribution in [2.24, 2.45) is 0 Å². The zero-order valence-corrected chi connectivity index (χ0v) is 8.86. The van der Waals surface area contributed by atoms with Gasteiger partial charge in [-0.05, 0) is 18.6 Å². The quantitative estimate of drug-likeness (QED) is 0.415. The fourth-order valence-corrected chi connectivity index (χ4v) is 1.41. The maximum Gasteiger partial charge on any atom is 0.263 e. The zero-order chi connectivity index (χ0) is 11.5. The molecule has 5 nitrogen and oxygen atoms in total. The van der Waals surface area contributed by atoms with Crippen LogP contribution in [0.5, 0.6) is 0 Å². The lowest BCUT2D eigenvalue weighted by Gasteiger charge is -2.21. The van der Waals surface area contributed by atoms with Crippen LogP contribution in [0.2, 0.25) is 0 Å². The first-order valence-corrected chi connectivity index (χ1v) is 4.63. The first-order valence-electron chi connectivity index (χ1n) is 4.25. The van der Waals surface area contributed by atoms with Crippen molar-refractivity contribution in [1.82, 2.24) is 0 Å². The summed E-state index contributed by atoms with van der Waals surface area (Å²) >= 11 is 5.95. The number of nitro groups is 1. The molecule has 82 valence electrons. The molecule has 0 N–H and O–H groups in total. The van der Waals surface area contributed by atoms with E-state index in [2.05, 4.69) is 0 Å². The summed E-state index contributed by atoms with van der Waals surface area (Å²) in [6.45, 7) is -0.760. The number of carbonyl (C=O) groups excluding carboxylic acids is 1. The summed E-state index contributed by atoms with van der Waals surface area (Å²) in [6, 6.07) is 0. The van der Waals surface area contributed by atoms with Crippen LogP contribution in [0.4, 0.5) is 0 Å². The second kappa shape index (κ2) is 4.44. The fourth-order valence-electron chi connectivity index (χ4n) is 1.21. The monoisotopic (exact) mass is 231 g/mol. The number of carbonyl (C=O) groups is 1. The van der Waals surface area contributed by atoms with E-state index in [0.29, 0.717) is 5.76 Å². The number of rotatable bonds is 4. The molecule has 1 atom stereocenters. The maximum atomic E-state index is 11.4. The van der Waals surface area contributed by atoms with Crippen molar-refractivity contribution in [1.29, 1.82) is 0 Å². The Hall–Kier alpha value is -1.36. The van der Waals surface area contributed by atoms with Crippen LogP contribution < -0.4 is 0 Å². The van der Waals surface area contributed by atoms with Gasteiger partial charge in [0.1, 0.15) is 10.6 Å². The van der Waals surface area contributed by atoms with Crippen molar-refractivity contribution in [3.63, 3.8) is 0 Å². The Balaban J connectivity index is 2.72. The molecule has 6 heteroatoms. The van der Waals surface area contributed by atoms with Gasteiger partial charge in [-0.1, -0.05) is 6.08 Å². The highest BCUT2D eigenvalue weighted by Gasteiger charge is 2.36. The van der Waals surface area contributed by atoms with Gasteiger partial charge in [-0.25, -0.2) is 0 Å². The molecule has 0 fully saturated rings. The lowest BCUT2D eigenvalue weighted by Crippen LogP contribution is -2.36. The molecule has 0 radical (unpaired) electrons. The minimum atomic E-state index is -1.30. The summed E-state index contributed by atoms with van der Waals surface area (Å²) in [6.07, 6.45) is 4.80. The van der Waals surface area contributed by atoms with Gasteiger partial charge in [0.25, 0.3) is 6.54 Å². The number of allylic oxidation sites excluding steroid dienone is 3. The predicted molar refractivity (Wildman–Crippen MR) is 54.3 cm³/mol. The van der Waals surface area contributed by atoms with E-state index in [-0.39, 0.29) is 6.42 Å². The van der Waals surface area contributed by atoms with Crippen LogP contribution in [-0.2, 0) is 9.53 Å². The van der Waals surface area contributed by atoms with Crippen LogP contribution in [0.3, 0.4) is 0 Å². The average molecular weight is 232 g/mol. The number of methoxy groups -OCH3 is 1. The Morgan fingerprint density at radius 1 is 1.80 bits per heavy atom. The van der Waals surface area contributed by atoms with E-state index < -0.39 is 22.1 Å². The van der Waals surface area contributed by atoms with Gasteiger partial charge in [0.2, 0.25) is 5.78 Å². The van der Waals surface area contributed by atoms with E-state index in [1.165, 1.54) is 19.3 Å². The van der Waals surface area contributed by atoms with Gasteiger partial charge in [-0.3, -0.25) is 14.9 Å². The van der Waals surface area contributed by atoms with Crippen LogP contribution in [-0.4, -0.2) is 29.2 Å². The topological polar surface area (TPSA) is 69.4 Å². The molecule has 0 aromatic heterocycles. The second-order valence-electron chi connectivity index (χ2n) is 3.12. The Bertz CT molecular complexity index is 350. The fraction of sp³-hybridized carbons (Fsp3) is 0.444. The Morgan fingerprint density at radius 2 is 2.47 bits per heavy atom. The van der Waals surface area contributed by atoms with Gasteiger partial charge in [0, 0.05) is 4.92 Å². The largest absolute Gasteiger partial charge is 0.497 e. The Kier molecular flexibility index (Phi) is 3.47. The van der Waals surface area contributed by atoms with Crippen molar-refractivity contribution in [2.45, 2.75) is 11.3 Å². The summed E-state index contributed by atoms with van der Waals surface area (Å²) < 4.78 is 4.92. The van der Waals surface area contributed by atoms with Crippen molar-refractivity contribution < 1.29 is 14.5 Å². The summed E-state index contributed by atoms with van der Waals surface area (Å²) in [4.78, 5) is 19.6. The molecule has 1 aliphatic carbocycles. The van der Waals surface area contributed by atoms with E-state index in [4.69, 9.17) is 16.3 Å². The normalized spacial score (nSPS) is 24.5. The van der Waals surface area contributed by atoms with Crippen LogP contribution in [0.1, 0.15) is 6.42 Å². The van der Waals surface area contributed by atoms with Crippen molar-refractivity contribution >= 4 is 17.4 Å². The molecule has 0 aromatic rings. The van der Waals surface area contributed by atoms with Crippen LogP contribution in [0, 0.1) is 10.1 Å². The first-order chi connectivity index (χ1) is 6.98. The third kappa shape index (κ3) is 2.79. The molecule has 0 aromatic carbocycles. The zero-order valence-electron chi connectivity index (χ0n) is 8.10. The van der Waals surface area contributed by atoms with Gasteiger partial charge in [-0.15, -0.1) is 11.6 Å². The van der Waals surface area contributed by atoms with E-state index in [0.717, 1.165) is 0 Å². The molecule has 1 aliphatic rings. The lowest BCUT2D eigenvalue weighted by molar-refractivity contribution is -0.467. The minimum absolute atomic E-state index is 0.209. The number of nitrogens with zero attached hydrogens (tertiary/aromatic N) is 1. The molecule has 0 bridgehead atoms. The second-order valence-corrected chi connectivity index (χ2v) is 3.80. The van der Waals surface area contributed by atoms with E-state index in [1.807, 2.05) is 0 Å². The standard InChI is InChI=1S/C9H10ClNO4/c1-15-7-2-4-9(10,5-3-7)8(12)6-11(13)14/h2-4H,5-6H2,1H3. The third-order valence-corrected chi connectivity index (χ3v) is 2.58. The first kappa shape index (κ1) is 11.7. The highest BCUT2D eigenvalue weighted by molar-refractivity contribution is 6.37. The predicted octanol–water partition coefficient (Wildman–Crippen LogP) is 1.30. The van der Waals surface area contributed by atoms with Gasteiger partial charge in [-0.2, -0.15) is 0 Å². The maximum absolute atomic E-state index is 11.4.